The number of piperidine rings is 1. The summed E-state index contributed by atoms with van der Waals surface area (Å²) in [4.78, 5) is 14.3. The third kappa shape index (κ3) is 5.13. The van der Waals surface area contributed by atoms with Crippen molar-refractivity contribution in [2.24, 2.45) is 0 Å². The van der Waals surface area contributed by atoms with Gasteiger partial charge in [0.1, 0.15) is 5.60 Å². The third-order valence-corrected chi connectivity index (χ3v) is 4.39. The smallest absolute Gasteiger partial charge is 0.410 e. The van der Waals surface area contributed by atoms with Crippen LogP contribution in [0.3, 0.4) is 0 Å². The van der Waals surface area contributed by atoms with E-state index in [1.165, 1.54) is 6.42 Å². The molecule has 1 heterocycles. The van der Waals surface area contributed by atoms with Gasteiger partial charge in [0.05, 0.1) is 6.10 Å². The second-order valence-electron chi connectivity index (χ2n) is 7.48. The first-order chi connectivity index (χ1) is 10.4. The predicted octanol–water partition coefficient (Wildman–Crippen LogP) is 2.93. The summed E-state index contributed by atoms with van der Waals surface area (Å²) in [6.45, 7) is 10.3. The molecule has 1 unspecified atom stereocenters. The summed E-state index contributed by atoms with van der Waals surface area (Å²) < 4.78 is 11.1. The molecule has 22 heavy (non-hydrogen) atoms. The minimum absolute atomic E-state index is 0.167. The van der Waals surface area contributed by atoms with Crippen molar-refractivity contribution in [1.82, 2.24) is 10.2 Å². The maximum Gasteiger partial charge on any atom is 0.410 e. The first-order valence-corrected chi connectivity index (χ1v) is 8.73. The number of amides is 1. The average molecular weight is 312 g/mol. The molecular formula is C17H32N2O3. The van der Waals surface area contributed by atoms with Crippen LogP contribution in [0.1, 0.15) is 59.8 Å². The van der Waals surface area contributed by atoms with Crippen molar-refractivity contribution in [3.05, 3.63) is 0 Å². The summed E-state index contributed by atoms with van der Waals surface area (Å²) in [5.41, 5.74) is -0.425. The minimum Gasteiger partial charge on any atom is -0.444 e. The molecule has 0 aromatic carbocycles. The van der Waals surface area contributed by atoms with Gasteiger partial charge in [-0.15, -0.1) is 0 Å². The fourth-order valence-corrected chi connectivity index (χ4v) is 3.18. The van der Waals surface area contributed by atoms with Crippen LogP contribution in [0.5, 0.6) is 0 Å². The second-order valence-corrected chi connectivity index (χ2v) is 7.48. The molecule has 1 atom stereocenters. The van der Waals surface area contributed by atoms with E-state index in [1.54, 1.807) is 0 Å². The number of carbonyl (C=O) groups is 1. The Labute approximate surface area is 134 Å². The summed E-state index contributed by atoms with van der Waals surface area (Å²) >= 11 is 0. The van der Waals surface area contributed by atoms with Gasteiger partial charge in [-0.2, -0.15) is 0 Å². The summed E-state index contributed by atoms with van der Waals surface area (Å²) in [5, 5.41) is 3.60. The number of likely N-dealkylation sites (tertiary alicyclic amines) is 1. The molecule has 2 fully saturated rings. The van der Waals surface area contributed by atoms with Gasteiger partial charge in [0.15, 0.2) is 0 Å². The lowest BCUT2D eigenvalue weighted by molar-refractivity contribution is -0.0143. The third-order valence-electron chi connectivity index (χ3n) is 4.39. The summed E-state index contributed by atoms with van der Waals surface area (Å²) in [6.07, 6.45) is 5.77. The highest BCUT2D eigenvalue weighted by Gasteiger charge is 2.33. The zero-order chi connectivity index (χ0) is 16.2. The van der Waals surface area contributed by atoms with E-state index in [-0.39, 0.29) is 12.1 Å². The zero-order valence-electron chi connectivity index (χ0n) is 14.6. The normalized spacial score (nSPS) is 29.1. The number of carbonyl (C=O) groups excluding carboxylic acids is 1. The maximum atomic E-state index is 12.3. The Balaban J connectivity index is 1.77. The van der Waals surface area contributed by atoms with E-state index in [4.69, 9.17) is 9.47 Å². The van der Waals surface area contributed by atoms with E-state index < -0.39 is 5.60 Å². The molecule has 1 aliphatic carbocycles. The highest BCUT2D eigenvalue weighted by atomic mass is 16.6. The molecule has 0 spiro atoms. The van der Waals surface area contributed by atoms with Crippen molar-refractivity contribution < 1.29 is 14.3 Å². The number of rotatable bonds is 5. The van der Waals surface area contributed by atoms with Crippen LogP contribution in [0.4, 0.5) is 4.79 Å². The molecule has 5 nitrogen and oxygen atoms in total. The highest BCUT2D eigenvalue weighted by Crippen LogP contribution is 2.25. The molecular weight excluding hydrogens is 280 g/mol. The van der Waals surface area contributed by atoms with Gasteiger partial charge in [0.2, 0.25) is 0 Å². The van der Waals surface area contributed by atoms with Gasteiger partial charge in [-0.05, 0) is 59.8 Å². The van der Waals surface area contributed by atoms with Gasteiger partial charge in [0.25, 0.3) is 0 Å². The van der Waals surface area contributed by atoms with E-state index in [0.29, 0.717) is 12.1 Å². The Morgan fingerprint density at radius 1 is 1.27 bits per heavy atom. The van der Waals surface area contributed by atoms with E-state index in [0.717, 1.165) is 45.4 Å². The van der Waals surface area contributed by atoms with Crippen LogP contribution < -0.4 is 5.32 Å². The van der Waals surface area contributed by atoms with Crippen molar-refractivity contribution >= 4 is 6.09 Å². The molecule has 0 radical (unpaired) electrons. The van der Waals surface area contributed by atoms with Gasteiger partial charge in [-0.25, -0.2) is 4.79 Å². The quantitative estimate of drug-likeness (QED) is 0.848. The van der Waals surface area contributed by atoms with Gasteiger partial charge in [0, 0.05) is 31.8 Å². The standard InChI is InChI=1S/C17H32N2O3/c1-5-21-15-10-13(11-15)18-12-14-8-6-7-9-19(14)16(20)22-17(2,3)4/h13-15,18H,5-12H2,1-4H3. The lowest BCUT2D eigenvalue weighted by Crippen LogP contribution is -2.54. The van der Waals surface area contributed by atoms with Crippen LogP contribution in [-0.2, 0) is 9.47 Å². The van der Waals surface area contributed by atoms with Gasteiger partial charge < -0.3 is 19.7 Å². The number of hydrogen-bond donors (Lipinski definition) is 1. The summed E-state index contributed by atoms with van der Waals surface area (Å²) in [5.74, 6) is 0. The Morgan fingerprint density at radius 2 is 2.00 bits per heavy atom. The number of ether oxygens (including phenoxy) is 2. The molecule has 0 aromatic rings. The van der Waals surface area contributed by atoms with E-state index in [9.17, 15) is 4.79 Å². The van der Waals surface area contributed by atoms with Crippen molar-refractivity contribution in [1.29, 1.82) is 0 Å². The molecule has 0 aromatic heterocycles. The van der Waals surface area contributed by atoms with Crippen molar-refractivity contribution in [3.63, 3.8) is 0 Å². The highest BCUT2D eigenvalue weighted by molar-refractivity contribution is 5.68. The molecule has 0 bridgehead atoms. The molecule has 128 valence electrons. The molecule has 2 rings (SSSR count). The van der Waals surface area contributed by atoms with Crippen LogP contribution in [0.15, 0.2) is 0 Å². The summed E-state index contributed by atoms with van der Waals surface area (Å²) in [6, 6.07) is 0.800. The molecule has 1 saturated carbocycles. The Morgan fingerprint density at radius 3 is 2.64 bits per heavy atom. The molecule has 1 N–H and O–H groups in total. The molecule has 1 saturated heterocycles. The maximum absolute atomic E-state index is 12.3. The largest absolute Gasteiger partial charge is 0.444 e. The average Bonchev–Trinajstić information content (AvgIpc) is 2.39. The second kappa shape index (κ2) is 7.64. The van der Waals surface area contributed by atoms with Crippen LogP contribution in [0, 0.1) is 0 Å². The Bertz CT molecular complexity index is 361. The molecule has 1 aliphatic heterocycles. The fraction of sp³-hybridized carbons (Fsp3) is 0.941. The molecule has 1 amide bonds. The van der Waals surface area contributed by atoms with Crippen molar-refractivity contribution in [2.45, 2.75) is 83.6 Å². The van der Waals surface area contributed by atoms with Crippen LogP contribution in [0.2, 0.25) is 0 Å². The fourth-order valence-electron chi connectivity index (χ4n) is 3.18. The SMILES string of the molecule is CCOC1CC(NCC2CCCCN2C(=O)OC(C)(C)C)C1. The van der Waals surface area contributed by atoms with E-state index >= 15 is 0 Å². The van der Waals surface area contributed by atoms with Crippen LogP contribution in [-0.4, -0.2) is 54.5 Å². The Kier molecular flexibility index (Phi) is 6.09. The first kappa shape index (κ1) is 17.5. The van der Waals surface area contributed by atoms with Gasteiger partial charge in [-0.1, -0.05) is 0 Å². The number of hydrogen-bond acceptors (Lipinski definition) is 4. The zero-order valence-corrected chi connectivity index (χ0v) is 14.6. The van der Waals surface area contributed by atoms with Crippen molar-refractivity contribution in [2.75, 3.05) is 19.7 Å². The van der Waals surface area contributed by atoms with Crippen molar-refractivity contribution in [3.8, 4) is 0 Å². The lowest BCUT2D eigenvalue weighted by atomic mass is 9.88. The minimum atomic E-state index is -0.425. The van der Waals surface area contributed by atoms with E-state index in [1.807, 2.05) is 32.6 Å². The van der Waals surface area contributed by atoms with Crippen LogP contribution in [0.25, 0.3) is 0 Å². The first-order valence-electron chi connectivity index (χ1n) is 8.73. The Hall–Kier alpha value is -0.810. The van der Waals surface area contributed by atoms with Gasteiger partial charge >= 0.3 is 6.09 Å². The number of nitrogens with one attached hydrogen (secondary N) is 1. The predicted molar refractivity (Wildman–Crippen MR) is 87.0 cm³/mol. The monoisotopic (exact) mass is 312 g/mol. The van der Waals surface area contributed by atoms with E-state index in [2.05, 4.69) is 5.32 Å². The molecule has 5 heteroatoms. The number of nitrogens with zero attached hydrogens (tertiary/aromatic N) is 1. The lowest BCUT2D eigenvalue weighted by Gasteiger charge is -2.40. The van der Waals surface area contributed by atoms with Crippen LogP contribution >= 0.6 is 0 Å². The topological polar surface area (TPSA) is 50.8 Å². The molecule has 2 aliphatic rings. The van der Waals surface area contributed by atoms with Gasteiger partial charge in [-0.3, -0.25) is 0 Å². The summed E-state index contributed by atoms with van der Waals surface area (Å²) in [7, 11) is 0.